The number of benzene rings is 1. The number of thiazole rings is 1. The zero-order valence-corrected chi connectivity index (χ0v) is 12.1. The van der Waals surface area contributed by atoms with E-state index < -0.39 is 0 Å². The van der Waals surface area contributed by atoms with Crippen LogP contribution in [0.2, 0.25) is 0 Å². The number of rotatable bonds is 4. The van der Waals surface area contributed by atoms with Crippen molar-refractivity contribution in [2.75, 3.05) is 11.5 Å². The van der Waals surface area contributed by atoms with Gasteiger partial charge in [0.05, 0.1) is 5.69 Å². The fourth-order valence-corrected chi connectivity index (χ4v) is 4.07. The zero-order chi connectivity index (χ0) is 13.1. The van der Waals surface area contributed by atoms with Crippen molar-refractivity contribution < 1.29 is 4.39 Å². The first-order valence-corrected chi connectivity index (χ1v) is 8.36. The lowest BCUT2D eigenvalue weighted by molar-refractivity contribution is 0.553. The van der Waals surface area contributed by atoms with Crippen molar-refractivity contribution in [3.63, 3.8) is 0 Å². The molecule has 0 saturated carbocycles. The minimum absolute atomic E-state index is 0.207. The van der Waals surface area contributed by atoms with Crippen molar-refractivity contribution >= 4 is 23.1 Å². The second-order valence-electron chi connectivity index (χ2n) is 4.59. The molecule has 2 heterocycles. The van der Waals surface area contributed by atoms with Crippen molar-refractivity contribution in [1.82, 2.24) is 10.3 Å². The number of hydrogen-bond acceptors (Lipinski definition) is 4. The normalized spacial score (nSPS) is 18.9. The summed E-state index contributed by atoms with van der Waals surface area (Å²) in [6.07, 6.45) is 1.25. The topological polar surface area (TPSA) is 24.9 Å². The van der Waals surface area contributed by atoms with Crippen LogP contribution in [0.5, 0.6) is 0 Å². The number of aromatic nitrogens is 1. The van der Waals surface area contributed by atoms with Crippen molar-refractivity contribution in [1.29, 1.82) is 0 Å². The van der Waals surface area contributed by atoms with E-state index in [-0.39, 0.29) is 5.82 Å². The summed E-state index contributed by atoms with van der Waals surface area (Å²) in [5.74, 6) is 2.26. The van der Waals surface area contributed by atoms with Crippen LogP contribution in [0.4, 0.5) is 4.39 Å². The highest BCUT2D eigenvalue weighted by atomic mass is 32.2. The second-order valence-corrected chi connectivity index (χ2v) is 6.60. The van der Waals surface area contributed by atoms with E-state index in [4.69, 9.17) is 0 Å². The maximum absolute atomic E-state index is 12.9. The maximum atomic E-state index is 12.9. The SMILES string of the molecule is Fc1ccc(-c2nc(CNC3CCSC3)cs2)cc1. The van der Waals surface area contributed by atoms with Crippen molar-refractivity contribution in [3.8, 4) is 10.6 Å². The molecule has 1 aromatic heterocycles. The van der Waals surface area contributed by atoms with Gasteiger partial charge in [0.2, 0.25) is 0 Å². The van der Waals surface area contributed by atoms with Crippen LogP contribution in [0.25, 0.3) is 10.6 Å². The first kappa shape index (κ1) is 13.1. The van der Waals surface area contributed by atoms with Gasteiger partial charge in [0, 0.05) is 29.3 Å². The molecule has 3 rings (SSSR count). The molecule has 0 bridgehead atoms. The third-order valence-corrected chi connectivity index (χ3v) is 5.25. The van der Waals surface area contributed by atoms with Gasteiger partial charge in [-0.25, -0.2) is 9.37 Å². The molecule has 0 radical (unpaired) electrons. The minimum atomic E-state index is -0.207. The highest BCUT2D eigenvalue weighted by Gasteiger charge is 2.15. The zero-order valence-electron chi connectivity index (χ0n) is 10.4. The molecule has 2 aromatic rings. The van der Waals surface area contributed by atoms with Gasteiger partial charge in [-0.15, -0.1) is 11.3 Å². The fourth-order valence-electron chi connectivity index (χ4n) is 2.06. The number of thioether (sulfide) groups is 1. The average Bonchev–Trinajstić information content (AvgIpc) is 3.09. The molecule has 100 valence electrons. The van der Waals surface area contributed by atoms with Crippen LogP contribution in [0.3, 0.4) is 0 Å². The lowest BCUT2D eigenvalue weighted by Gasteiger charge is -2.08. The molecule has 5 heteroatoms. The number of nitrogens with zero attached hydrogens (tertiary/aromatic N) is 1. The largest absolute Gasteiger partial charge is 0.307 e. The van der Waals surface area contributed by atoms with Gasteiger partial charge < -0.3 is 5.32 Å². The average molecular weight is 294 g/mol. The van der Waals surface area contributed by atoms with Crippen LogP contribution in [0, 0.1) is 5.82 Å². The van der Waals surface area contributed by atoms with Gasteiger partial charge in [-0.2, -0.15) is 11.8 Å². The molecule has 0 spiro atoms. The Morgan fingerprint density at radius 2 is 2.16 bits per heavy atom. The summed E-state index contributed by atoms with van der Waals surface area (Å²) in [4.78, 5) is 4.60. The van der Waals surface area contributed by atoms with Gasteiger partial charge in [0.15, 0.2) is 0 Å². The van der Waals surface area contributed by atoms with E-state index in [0.717, 1.165) is 22.8 Å². The number of hydrogen-bond donors (Lipinski definition) is 1. The Labute approximate surface area is 120 Å². The summed E-state index contributed by atoms with van der Waals surface area (Å²) in [7, 11) is 0. The Bertz CT molecular complexity index is 533. The van der Waals surface area contributed by atoms with Crippen LogP contribution in [-0.2, 0) is 6.54 Å². The summed E-state index contributed by atoms with van der Waals surface area (Å²) >= 11 is 3.62. The first-order chi connectivity index (χ1) is 9.31. The molecule has 0 amide bonds. The predicted molar refractivity (Wildman–Crippen MR) is 80.1 cm³/mol. The number of halogens is 1. The summed E-state index contributed by atoms with van der Waals surface area (Å²) in [6.45, 7) is 0.822. The molecular formula is C14H15FN2S2. The Hall–Kier alpha value is -0.910. The van der Waals surface area contributed by atoms with Crippen molar-refractivity contribution in [3.05, 3.63) is 41.2 Å². The monoisotopic (exact) mass is 294 g/mol. The van der Waals surface area contributed by atoms with Gasteiger partial charge in [0.1, 0.15) is 10.8 Å². The van der Waals surface area contributed by atoms with E-state index in [0.29, 0.717) is 6.04 Å². The predicted octanol–water partition coefficient (Wildman–Crippen LogP) is 3.54. The van der Waals surface area contributed by atoms with E-state index in [1.165, 1.54) is 30.1 Å². The summed E-state index contributed by atoms with van der Waals surface area (Å²) < 4.78 is 12.9. The molecule has 1 aliphatic heterocycles. The smallest absolute Gasteiger partial charge is 0.123 e. The van der Waals surface area contributed by atoms with E-state index in [1.54, 1.807) is 23.5 Å². The molecule has 0 aliphatic carbocycles. The van der Waals surface area contributed by atoms with Crippen LogP contribution in [-0.4, -0.2) is 22.5 Å². The number of nitrogens with one attached hydrogen (secondary N) is 1. The van der Waals surface area contributed by atoms with Gasteiger partial charge in [-0.3, -0.25) is 0 Å². The molecule has 1 fully saturated rings. The standard InChI is InChI=1S/C14H15FN2S2/c15-11-3-1-10(2-4-11)14-17-13(9-19-14)7-16-12-5-6-18-8-12/h1-4,9,12,16H,5-8H2. The van der Waals surface area contributed by atoms with E-state index in [2.05, 4.69) is 15.7 Å². The Morgan fingerprint density at radius 3 is 2.89 bits per heavy atom. The lowest BCUT2D eigenvalue weighted by Crippen LogP contribution is -2.28. The lowest BCUT2D eigenvalue weighted by atomic mass is 10.2. The molecule has 1 aromatic carbocycles. The maximum Gasteiger partial charge on any atom is 0.123 e. The first-order valence-electron chi connectivity index (χ1n) is 6.33. The second kappa shape index (κ2) is 6.03. The summed E-state index contributed by atoms with van der Waals surface area (Å²) in [5.41, 5.74) is 2.05. The molecule has 1 unspecified atom stereocenters. The Kier molecular flexibility index (Phi) is 4.15. The minimum Gasteiger partial charge on any atom is -0.307 e. The van der Waals surface area contributed by atoms with Gasteiger partial charge in [0.25, 0.3) is 0 Å². The molecular weight excluding hydrogens is 279 g/mol. The molecule has 2 nitrogen and oxygen atoms in total. The molecule has 1 N–H and O–H groups in total. The quantitative estimate of drug-likeness (QED) is 0.933. The third kappa shape index (κ3) is 3.35. The van der Waals surface area contributed by atoms with Gasteiger partial charge in [-0.1, -0.05) is 0 Å². The van der Waals surface area contributed by atoms with Crippen LogP contribution < -0.4 is 5.32 Å². The molecule has 19 heavy (non-hydrogen) atoms. The van der Waals surface area contributed by atoms with Crippen LogP contribution in [0.1, 0.15) is 12.1 Å². The van der Waals surface area contributed by atoms with Crippen LogP contribution in [0.15, 0.2) is 29.6 Å². The summed E-state index contributed by atoms with van der Waals surface area (Å²) in [5, 5.41) is 6.57. The fraction of sp³-hybridized carbons (Fsp3) is 0.357. The molecule has 1 atom stereocenters. The molecule has 1 aliphatic rings. The van der Waals surface area contributed by atoms with Crippen molar-refractivity contribution in [2.24, 2.45) is 0 Å². The van der Waals surface area contributed by atoms with E-state index in [1.807, 2.05) is 11.8 Å². The molecule has 1 saturated heterocycles. The van der Waals surface area contributed by atoms with Gasteiger partial charge in [-0.05, 0) is 36.4 Å². The highest BCUT2D eigenvalue weighted by molar-refractivity contribution is 7.99. The highest BCUT2D eigenvalue weighted by Crippen LogP contribution is 2.24. The summed E-state index contributed by atoms with van der Waals surface area (Å²) in [6, 6.07) is 7.13. The van der Waals surface area contributed by atoms with Crippen LogP contribution >= 0.6 is 23.1 Å². The van der Waals surface area contributed by atoms with Crippen molar-refractivity contribution in [2.45, 2.75) is 19.0 Å². The van der Waals surface area contributed by atoms with Gasteiger partial charge >= 0.3 is 0 Å². The third-order valence-electron chi connectivity index (χ3n) is 3.14. The van der Waals surface area contributed by atoms with E-state index >= 15 is 0 Å². The Balaban J connectivity index is 1.63. The van der Waals surface area contributed by atoms with E-state index in [9.17, 15) is 4.39 Å². The Morgan fingerprint density at radius 1 is 1.32 bits per heavy atom.